The molecule has 0 aromatic heterocycles. The van der Waals surface area contributed by atoms with Crippen LogP contribution >= 0.6 is 0 Å². The first kappa shape index (κ1) is 32.6. The normalized spacial score (nSPS) is 13.6. The van der Waals surface area contributed by atoms with Crippen LogP contribution in [0.15, 0.2) is 128 Å². The molecule has 5 aromatic rings. The fourth-order valence-electron chi connectivity index (χ4n) is 5.84. The Morgan fingerprint density at radius 2 is 1.15 bits per heavy atom. The second-order valence-corrected chi connectivity index (χ2v) is 12.1. The number of anilines is 5. The van der Waals surface area contributed by atoms with Crippen molar-refractivity contribution in [3.8, 4) is 22.3 Å². The maximum Gasteiger partial charge on any atom is 4.00 e. The molecule has 46 heavy (non-hydrogen) atoms. The predicted octanol–water partition coefficient (Wildman–Crippen LogP) is 9.84. The van der Waals surface area contributed by atoms with E-state index in [-0.39, 0.29) is 26.5 Å². The molecule has 2 aliphatic rings. The first-order chi connectivity index (χ1) is 21.9. The summed E-state index contributed by atoms with van der Waals surface area (Å²) in [6, 6.07) is 44.6. The summed E-state index contributed by atoms with van der Waals surface area (Å²) in [6.45, 7) is 15.9. The number of fused-ring (bicyclic) bond motifs is 1. The molecule has 0 spiro atoms. The van der Waals surface area contributed by atoms with Gasteiger partial charge in [-0.15, -0.1) is 36.2 Å². The van der Waals surface area contributed by atoms with E-state index in [2.05, 4.69) is 194 Å². The molecular weight excluding hydrogens is 746 g/mol. The van der Waals surface area contributed by atoms with Gasteiger partial charge in [0.25, 0.3) is 0 Å². The minimum atomic E-state index is -0.00311. The number of hydrogen-bond acceptors (Lipinski definition) is 5. The number of para-hydroxylation sites is 2. The maximum atomic E-state index is 6.25. The Morgan fingerprint density at radius 1 is 0.630 bits per heavy atom. The molecule has 0 radical (unpaired) electrons. The molecule has 0 atom stereocenters. The molecule has 2 aliphatic heterocycles. The Bertz CT molecular complexity index is 1780. The van der Waals surface area contributed by atoms with Crippen LogP contribution in [-0.4, -0.2) is 7.05 Å². The van der Waals surface area contributed by atoms with Gasteiger partial charge >= 0.3 is 21.1 Å². The SMILES string of the molecule is CN1[CH-]N(c2[c-]c(N3C=CN(c4c(-c5ccccc5)cc(C(C)(C)C)cc4-c4ccccc4)[CH-]3)ccc2)c2ccccc21.[C-]#N.[Pt+4]. The van der Waals surface area contributed by atoms with Crippen molar-refractivity contribution in [2.45, 2.75) is 26.2 Å². The van der Waals surface area contributed by atoms with Gasteiger partial charge in [0.05, 0.1) is 0 Å². The second kappa shape index (κ2) is 13.7. The van der Waals surface area contributed by atoms with Crippen LogP contribution in [0.1, 0.15) is 26.3 Å². The van der Waals surface area contributed by atoms with Crippen molar-refractivity contribution in [2.24, 2.45) is 0 Å². The Morgan fingerprint density at radius 3 is 1.74 bits per heavy atom. The molecule has 6 heteroatoms. The van der Waals surface area contributed by atoms with Crippen LogP contribution in [0.25, 0.3) is 22.3 Å². The van der Waals surface area contributed by atoms with Crippen molar-refractivity contribution < 1.29 is 21.1 Å². The summed E-state index contributed by atoms with van der Waals surface area (Å²) in [5, 5.41) is 6.25. The summed E-state index contributed by atoms with van der Waals surface area (Å²) in [7, 11) is 2.08. The minimum Gasteiger partial charge on any atom is -0.512 e. The van der Waals surface area contributed by atoms with Gasteiger partial charge in [-0.3, -0.25) is 0 Å². The molecular formula is C40H35N5Pt. The van der Waals surface area contributed by atoms with Gasteiger partial charge in [0, 0.05) is 28.2 Å². The van der Waals surface area contributed by atoms with E-state index >= 15 is 0 Å². The van der Waals surface area contributed by atoms with E-state index < -0.39 is 0 Å². The quantitative estimate of drug-likeness (QED) is 0.166. The van der Waals surface area contributed by atoms with E-state index in [1.807, 2.05) is 0 Å². The van der Waals surface area contributed by atoms with Crippen LogP contribution < -0.4 is 19.6 Å². The molecule has 0 aliphatic carbocycles. The molecule has 0 saturated carbocycles. The standard InChI is InChI=1S/C39H35N4.CN.Pt/c1-39(2,3)31-24-34(29-14-7-5-8-15-29)38(35(25-31)30-16-9-6-10-17-30)42-23-22-41(28-42)32-18-13-19-33(26-32)43-27-40(4)36-20-11-12-21-37(36)43;1-2;/h5-25,27-28H,1-4H3;;/q-3;-1;+4. The zero-order valence-corrected chi connectivity index (χ0v) is 28.6. The molecule has 0 unspecified atom stereocenters. The summed E-state index contributed by atoms with van der Waals surface area (Å²) < 4.78 is 0. The number of hydrogen-bond donors (Lipinski definition) is 0. The Kier molecular flexibility index (Phi) is 9.70. The van der Waals surface area contributed by atoms with Crippen LogP contribution in [0.4, 0.5) is 28.4 Å². The number of nitrogens with zero attached hydrogens (tertiary/aromatic N) is 5. The molecule has 230 valence electrons. The summed E-state index contributed by atoms with van der Waals surface area (Å²) in [6.07, 6.45) is 4.27. The van der Waals surface area contributed by atoms with Crippen molar-refractivity contribution >= 4 is 28.4 Å². The first-order valence-electron chi connectivity index (χ1n) is 15.0. The Labute approximate surface area is 287 Å². The monoisotopic (exact) mass is 780 g/mol. The summed E-state index contributed by atoms with van der Waals surface area (Å²) >= 11 is 0. The largest absolute Gasteiger partial charge is 4.00 e. The minimum absolute atomic E-state index is 0. The van der Waals surface area contributed by atoms with E-state index in [4.69, 9.17) is 11.8 Å². The van der Waals surface area contributed by atoms with Gasteiger partial charge in [0.15, 0.2) is 0 Å². The fourth-order valence-corrected chi connectivity index (χ4v) is 5.84. The summed E-state index contributed by atoms with van der Waals surface area (Å²) in [5.41, 5.74) is 11.6. The molecule has 2 heterocycles. The van der Waals surface area contributed by atoms with Gasteiger partial charge in [-0.2, -0.15) is 12.7 Å². The van der Waals surface area contributed by atoms with Gasteiger partial charge in [0.2, 0.25) is 0 Å². The molecule has 5 aromatic carbocycles. The summed E-state index contributed by atoms with van der Waals surface area (Å²) in [4.78, 5) is 8.75. The van der Waals surface area contributed by atoms with Crippen molar-refractivity contribution in [1.82, 2.24) is 0 Å². The van der Waals surface area contributed by atoms with Crippen molar-refractivity contribution in [3.63, 3.8) is 0 Å². The smallest absolute Gasteiger partial charge is 0.512 e. The summed E-state index contributed by atoms with van der Waals surface area (Å²) in [5.74, 6) is 0. The van der Waals surface area contributed by atoms with Crippen LogP contribution in [-0.2, 0) is 26.5 Å². The van der Waals surface area contributed by atoms with Gasteiger partial charge in [-0.25, -0.2) is 0 Å². The van der Waals surface area contributed by atoms with E-state index in [0.717, 1.165) is 22.7 Å². The molecule has 7 rings (SSSR count). The van der Waals surface area contributed by atoms with Crippen molar-refractivity contribution in [2.75, 3.05) is 26.6 Å². The molecule has 5 nitrogen and oxygen atoms in total. The van der Waals surface area contributed by atoms with Gasteiger partial charge < -0.3 is 31.4 Å². The van der Waals surface area contributed by atoms with Crippen LogP contribution in [0.3, 0.4) is 0 Å². The van der Waals surface area contributed by atoms with Gasteiger partial charge in [0.1, 0.15) is 0 Å². The zero-order chi connectivity index (χ0) is 31.6. The average Bonchev–Trinajstić information content (AvgIpc) is 3.71. The van der Waals surface area contributed by atoms with E-state index in [9.17, 15) is 0 Å². The first-order valence-corrected chi connectivity index (χ1v) is 15.0. The molecule has 0 fully saturated rings. The van der Waals surface area contributed by atoms with E-state index in [1.165, 1.54) is 33.5 Å². The topological polar surface area (TPSA) is 36.8 Å². The number of benzene rings is 5. The van der Waals surface area contributed by atoms with Crippen LogP contribution in [0.5, 0.6) is 0 Å². The third-order valence-corrected chi connectivity index (χ3v) is 8.15. The van der Waals surface area contributed by atoms with Crippen LogP contribution in [0.2, 0.25) is 0 Å². The second-order valence-electron chi connectivity index (χ2n) is 12.1. The third kappa shape index (κ3) is 6.32. The van der Waals surface area contributed by atoms with E-state index in [1.54, 1.807) is 0 Å². The molecule has 0 bridgehead atoms. The molecule has 0 N–H and O–H groups in total. The zero-order valence-electron chi connectivity index (χ0n) is 26.3. The molecule has 0 saturated heterocycles. The Hall–Kier alpha value is -4.78. The van der Waals surface area contributed by atoms with Gasteiger partial charge in [-0.05, 0) is 65.8 Å². The van der Waals surface area contributed by atoms with Crippen LogP contribution in [0, 0.1) is 31.2 Å². The predicted molar refractivity (Wildman–Crippen MR) is 186 cm³/mol. The maximum absolute atomic E-state index is 6.25. The van der Waals surface area contributed by atoms with Gasteiger partial charge in [-0.1, -0.05) is 93.6 Å². The van der Waals surface area contributed by atoms with Crippen molar-refractivity contribution in [3.05, 3.63) is 159 Å². The number of rotatable bonds is 5. The fraction of sp³-hybridized carbons (Fsp3) is 0.125. The van der Waals surface area contributed by atoms with Crippen molar-refractivity contribution in [1.29, 1.82) is 5.26 Å². The average molecular weight is 781 g/mol. The molecule has 0 amide bonds. The third-order valence-electron chi connectivity index (χ3n) is 8.15. The Balaban J connectivity index is 0.00000136. The van der Waals surface area contributed by atoms with E-state index in [0.29, 0.717) is 0 Å².